The summed E-state index contributed by atoms with van der Waals surface area (Å²) in [6, 6.07) is 12.3. The Hall–Kier alpha value is -3.94. The second kappa shape index (κ2) is 8.66. The van der Waals surface area contributed by atoms with Crippen molar-refractivity contribution in [3.63, 3.8) is 0 Å². The maximum absolute atomic E-state index is 12.9. The molecule has 0 spiro atoms. The van der Waals surface area contributed by atoms with Crippen molar-refractivity contribution in [3.05, 3.63) is 65.0 Å². The molecule has 2 aromatic carbocycles. The molecule has 1 aliphatic heterocycles. The van der Waals surface area contributed by atoms with Crippen LogP contribution in [0.4, 0.5) is 0 Å². The van der Waals surface area contributed by atoms with Gasteiger partial charge in [-0.15, -0.1) is 0 Å². The molecule has 32 heavy (non-hydrogen) atoms. The minimum Gasteiger partial charge on any atom is -0.496 e. The molecule has 8 nitrogen and oxygen atoms in total. The van der Waals surface area contributed by atoms with Crippen molar-refractivity contribution in [2.45, 2.75) is 13.8 Å². The third kappa shape index (κ3) is 3.75. The van der Waals surface area contributed by atoms with Crippen molar-refractivity contribution in [2.24, 2.45) is 0 Å². The van der Waals surface area contributed by atoms with Crippen LogP contribution in [-0.2, 0) is 4.74 Å². The minimum atomic E-state index is -0.697. The number of rotatable bonds is 7. The van der Waals surface area contributed by atoms with Gasteiger partial charge in [0, 0.05) is 28.7 Å². The minimum absolute atomic E-state index is 0.135. The number of ether oxygens (including phenoxy) is 5. The van der Waals surface area contributed by atoms with Gasteiger partial charge in [0.2, 0.25) is 12.6 Å². The summed E-state index contributed by atoms with van der Waals surface area (Å²) in [5, 5.41) is 0. The van der Waals surface area contributed by atoms with Gasteiger partial charge in [0.25, 0.3) is 0 Å². The van der Waals surface area contributed by atoms with Gasteiger partial charge in [-0.1, -0.05) is 6.07 Å². The van der Waals surface area contributed by atoms with Crippen molar-refractivity contribution in [2.75, 3.05) is 27.6 Å². The van der Waals surface area contributed by atoms with E-state index in [9.17, 15) is 9.59 Å². The SMILES string of the molecule is COc1cccc(OC)c1C(=O)OCC(=O)c1cc(C)n(-c2ccc3c(c2)OCO3)c1C. The van der Waals surface area contributed by atoms with Crippen molar-refractivity contribution >= 4 is 11.8 Å². The average Bonchev–Trinajstić information content (AvgIpc) is 3.39. The Morgan fingerprint density at radius 2 is 1.66 bits per heavy atom. The smallest absolute Gasteiger partial charge is 0.346 e. The number of benzene rings is 2. The summed E-state index contributed by atoms with van der Waals surface area (Å²) in [6.45, 7) is 3.52. The number of carbonyl (C=O) groups is 2. The molecule has 8 heteroatoms. The zero-order valence-electron chi connectivity index (χ0n) is 18.3. The number of carbonyl (C=O) groups excluding carboxylic acids is 2. The maximum atomic E-state index is 12.9. The fourth-order valence-corrected chi connectivity index (χ4v) is 3.80. The molecule has 0 amide bonds. The monoisotopic (exact) mass is 437 g/mol. The number of esters is 1. The predicted octanol–water partition coefficient (Wildman–Crippen LogP) is 3.88. The molecule has 166 valence electrons. The molecule has 2 heterocycles. The average molecular weight is 437 g/mol. The van der Waals surface area contributed by atoms with Crippen LogP contribution < -0.4 is 18.9 Å². The van der Waals surface area contributed by atoms with Crippen LogP contribution in [-0.4, -0.2) is 43.9 Å². The van der Waals surface area contributed by atoms with E-state index < -0.39 is 12.6 Å². The molecular formula is C24H23NO7. The quantitative estimate of drug-likeness (QED) is 0.410. The second-order valence-electron chi connectivity index (χ2n) is 7.19. The lowest BCUT2D eigenvalue weighted by Crippen LogP contribution is -2.16. The zero-order valence-corrected chi connectivity index (χ0v) is 18.3. The van der Waals surface area contributed by atoms with Crippen LogP contribution in [0.5, 0.6) is 23.0 Å². The lowest BCUT2D eigenvalue weighted by atomic mass is 10.1. The third-order valence-corrected chi connectivity index (χ3v) is 5.31. The normalized spacial score (nSPS) is 11.9. The van der Waals surface area contributed by atoms with Crippen molar-refractivity contribution < 1.29 is 33.3 Å². The third-order valence-electron chi connectivity index (χ3n) is 5.31. The molecule has 0 radical (unpaired) electrons. The van der Waals surface area contributed by atoms with Gasteiger partial charge in [0.1, 0.15) is 17.1 Å². The standard InChI is InChI=1S/C24H23NO7/c1-14-10-17(15(2)25(14)16-8-9-19-22(11-16)32-13-31-19)18(26)12-30-24(27)23-20(28-3)6-5-7-21(23)29-4/h5-11H,12-13H2,1-4H3. The van der Waals surface area contributed by atoms with E-state index in [1.54, 1.807) is 24.3 Å². The van der Waals surface area contributed by atoms with Crippen LogP contribution in [0, 0.1) is 13.8 Å². The topological polar surface area (TPSA) is 85.2 Å². The van der Waals surface area contributed by atoms with Gasteiger partial charge in [-0.25, -0.2) is 4.79 Å². The Morgan fingerprint density at radius 3 is 2.34 bits per heavy atom. The first-order valence-electron chi connectivity index (χ1n) is 9.95. The summed E-state index contributed by atoms with van der Waals surface area (Å²) in [6.07, 6.45) is 0. The number of hydrogen-bond donors (Lipinski definition) is 0. The first-order chi connectivity index (χ1) is 15.4. The van der Waals surface area contributed by atoms with Gasteiger partial charge in [-0.05, 0) is 44.2 Å². The Kier molecular flexibility index (Phi) is 5.77. The fourth-order valence-electron chi connectivity index (χ4n) is 3.80. The molecule has 4 rings (SSSR count). The number of aryl methyl sites for hydroxylation is 1. The number of nitrogens with zero attached hydrogens (tertiary/aromatic N) is 1. The highest BCUT2D eigenvalue weighted by atomic mass is 16.7. The van der Waals surface area contributed by atoms with Crippen LogP contribution >= 0.6 is 0 Å². The Balaban J connectivity index is 1.54. The molecule has 0 N–H and O–H groups in total. The van der Waals surface area contributed by atoms with Crippen molar-refractivity contribution in [3.8, 4) is 28.7 Å². The molecule has 0 aliphatic carbocycles. The Labute approximate surface area is 185 Å². The zero-order chi connectivity index (χ0) is 22.8. The van der Waals surface area contributed by atoms with E-state index in [0.717, 1.165) is 17.1 Å². The molecule has 1 aliphatic rings. The van der Waals surface area contributed by atoms with Crippen LogP contribution in [0.3, 0.4) is 0 Å². The fraction of sp³-hybridized carbons (Fsp3) is 0.250. The first-order valence-corrected chi connectivity index (χ1v) is 9.95. The van der Waals surface area contributed by atoms with E-state index in [4.69, 9.17) is 23.7 Å². The number of Topliss-reactive ketones (excluding diaryl/α,β-unsaturated/α-hetero) is 1. The number of fused-ring (bicyclic) bond motifs is 1. The van der Waals surface area contributed by atoms with Gasteiger partial charge in [0.15, 0.2) is 18.1 Å². The van der Waals surface area contributed by atoms with Crippen molar-refractivity contribution in [1.29, 1.82) is 0 Å². The molecule has 0 saturated carbocycles. The summed E-state index contributed by atoms with van der Waals surface area (Å²) in [4.78, 5) is 25.6. The van der Waals surface area contributed by atoms with E-state index in [2.05, 4.69) is 0 Å². The summed E-state index contributed by atoms with van der Waals surface area (Å²) < 4.78 is 28.5. The molecule has 0 fully saturated rings. The summed E-state index contributed by atoms with van der Waals surface area (Å²) >= 11 is 0. The van der Waals surface area contributed by atoms with Crippen LogP contribution in [0.15, 0.2) is 42.5 Å². The highest BCUT2D eigenvalue weighted by Gasteiger charge is 2.23. The van der Waals surface area contributed by atoms with E-state index in [0.29, 0.717) is 28.6 Å². The van der Waals surface area contributed by atoms with Crippen LogP contribution in [0.2, 0.25) is 0 Å². The number of hydrogen-bond acceptors (Lipinski definition) is 7. The first kappa shape index (κ1) is 21.3. The molecule has 0 bridgehead atoms. The Bertz CT molecular complexity index is 1170. The van der Waals surface area contributed by atoms with Gasteiger partial charge >= 0.3 is 5.97 Å². The number of ketones is 1. The van der Waals surface area contributed by atoms with E-state index in [1.165, 1.54) is 14.2 Å². The lowest BCUT2D eigenvalue weighted by molar-refractivity contribution is 0.0468. The molecule has 0 atom stereocenters. The van der Waals surface area contributed by atoms with Crippen LogP contribution in [0.25, 0.3) is 5.69 Å². The Morgan fingerprint density at radius 1 is 0.969 bits per heavy atom. The number of aromatic nitrogens is 1. The summed E-state index contributed by atoms with van der Waals surface area (Å²) in [5.41, 5.74) is 3.05. The largest absolute Gasteiger partial charge is 0.496 e. The van der Waals surface area contributed by atoms with Gasteiger partial charge in [0.05, 0.1) is 14.2 Å². The molecule has 0 saturated heterocycles. The van der Waals surface area contributed by atoms with Crippen LogP contribution in [0.1, 0.15) is 32.1 Å². The summed E-state index contributed by atoms with van der Waals surface area (Å²) in [7, 11) is 2.89. The van der Waals surface area contributed by atoms with E-state index >= 15 is 0 Å². The number of methoxy groups -OCH3 is 2. The van der Waals surface area contributed by atoms with Crippen molar-refractivity contribution in [1.82, 2.24) is 4.57 Å². The van der Waals surface area contributed by atoms with Gasteiger partial charge < -0.3 is 28.3 Å². The molecule has 1 aromatic heterocycles. The molecular weight excluding hydrogens is 414 g/mol. The molecule has 3 aromatic rings. The van der Waals surface area contributed by atoms with E-state index in [-0.39, 0.29) is 18.1 Å². The van der Waals surface area contributed by atoms with Gasteiger partial charge in [-0.2, -0.15) is 0 Å². The predicted molar refractivity (Wildman–Crippen MR) is 116 cm³/mol. The highest BCUT2D eigenvalue weighted by molar-refractivity contribution is 6.01. The van der Waals surface area contributed by atoms with E-state index in [1.807, 2.05) is 36.6 Å². The lowest BCUT2D eigenvalue weighted by Gasteiger charge is -2.12. The summed E-state index contributed by atoms with van der Waals surface area (Å²) in [5.74, 6) is 0.948. The molecule has 0 unspecified atom stereocenters. The van der Waals surface area contributed by atoms with Gasteiger partial charge in [-0.3, -0.25) is 4.79 Å². The second-order valence-corrected chi connectivity index (χ2v) is 7.19. The highest BCUT2D eigenvalue weighted by Crippen LogP contribution is 2.35. The maximum Gasteiger partial charge on any atom is 0.346 e.